The molecule has 0 aromatic heterocycles. The Morgan fingerprint density at radius 1 is 1.31 bits per heavy atom. The largest absolute Gasteiger partial charge is 0.396 e. The van der Waals surface area contributed by atoms with Crippen LogP contribution in [0.5, 0.6) is 0 Å². The van der Waals surface area contributed by atoms with Gasteiger partial charge in [-0.3, -0.25) is 0 Å². The van der Waals surface area contributed by atoms with E-state index in [1.165, 1.54) is 19.6 Å². The van der Waals surface area contributed by atoms with E-state index in [2.05, 4.69) is 48.6 Å². The highest BCUT2D eigenvalue weighted by atomic mass is 127. The summed E-state index contributed by atoms with van der Waals surface area (Å²) in [5.74, 6) is 0.777. The van der Waals surface area contributed by atoms with Crippen molar-refractivity contribution in [3.05, 3.63) is 26.8 Å². The summed E-state index contributed by atoms with van der Waals surface area (Å²) in [5, 5.41) is 8.70. The first-order valence-corrected chi connectivity index (χ1v) is 6.22. The van der Waals surface area contributed by atoms with Crippen LogP contribution < -0.4 is 0 Å². The van der Waals surface area contributed by atoms with Gasteiger partial charge in [0.05, 0.1) is 6.61 Å². The van der Waals surface area contributed by atoms with E-state index in [1.54, 1.807) is 11.8 Å². The van der Waals surface area contributed by atoms with Crippen molar-refractivity contribution in [3.63, 3.8) is 0 Å². The summed E-state index contributed by atoms with van der Waals surface area (Å²) in [6.45, 7) is 4.49. The van der Waals surface area contributed by atoms with E-state index in [4.69, 9.17) is 5.11 Å². The van der Waals surface area contributed by atoms with Crippen LogP contribution in [-0.4, -0.2) is 17.5 Å². The number of aliphatic hydroxyl groups is 1. The fraction of sp³-hybridized carbons (Fsp3) is 0.400. The maximum absolute atomic E-state index is 8.70. The summed E-state index contributed by atoms with van der Waals surface area (Å²) < 4.78 is 1.34. The van der Waals surface area contributed by atoms with E-state index in [0.29, 0.717) is 0 Å². The second kappa shape index (κ2) is 5.22. The molecule has 0 aliphatic heterocycles. The number of aliphatic hydroxyl groups excluding tert-OH is 1. The Morgan fingerprint density at radius 2 is 1.85 bits per heavy atom. The highest BCUT2D eigenvalue weighted by Crippen LogP contribution is 2.25. The molecule has 0 bridgehead atoms. The molecule has 0 radical (unpaired) electrons. The molecule has 0 aliphatic rings. The quantitative estimate of drug-likeness (QED) is 0.684. The predicted molar refractivity (Wildman–Crippen MR) is 66.4 cm³/mol. The Bertz CT molecular complexity index is 276. The summed E-state index contributed by atoms with van der Waals surface area (Å²) in [4.78, 5) is 1.25. The number of benzene rings is 1. The first kappa shape index (κ1) is 11.3. The molecule has 0 unspecified atom stereocenters. The number of hydrogen-bond donors (Lipinski definition) is 1. The molecule has 0 atom stereocenters. The lowest BCUT2D eigenvalue weighted by molar-refractivity contribution is 0.322. The minimum Gasteiger partial charge on any atom is -0.396 e. The zero-order valence-electron chi connectivity index (χ0n) is 7.80. The van der Waals surface area contributed by atoms with Crippen molar-refractivity contribution in [3.8, 4) is 0 Å². The van der Waals surface area contributed by atoms with Crippen molar-refractivity contribution < 1.29 is 5.11 Å². The molecule has 0 saturated carbocycles. The van der Waals surface area contributed by atoms with Gasteiger partial charge < -0.3 is 5.11 Å². The van der Waals surface area contributed by atoms with E-state index < -0.39 is 0 Å². The average molecular weight is 308 g/mol. The van der Waals surface area contributed by atoms with Gasteiger partial charge in [-0.15, -0.1) is 11.8 Å². The molecule has 0 aliphatic carbocycles. The Labute approximate surface area is 97.1 Å². The molecule has 0 spiro atoms. The molecule has 0 amide bonds. The van der Waals surface area contributed by atoms with Gasteiger partial charge in [0.1, 0.15) is 0 Å². The molecule has 0 fully saturated rings. The normalized spacial score (nSPS) is 10.5. The average Bonchev–Trinajstić information content (AvgIpc) is 2.10. The van der Waals surface area contributed by atoms with Crippen molar-refractivity contribution in [1.29, 1.82) is 0 Å². The third kappa shape index (κ3) is 3.14. The number of rotatable bonds is 3. The predicted octanol–water partition coefficient (Wildman–Crippen LogP) is 2.99. The van der Waals surface area contributed by atoms with Crippen LogP contribution in [0.4, 0.5) is 0 Å². The first-order valence-electron chi connectivity index (χ1n) is 4.15. The smallest absolute Gasteiger partial charge is 0.0525 e. The molecule has 1 nitrogen and oxygen atoms in total. The van der Waals surface area contributed by atoms with Gasteiger partial charge in [0.25, 0.3) is 0 Å². The van der Waals surface area contributed by atoms with Crippen LogP contribution >= 0.6 is 34.4 Å². The Balaban J connectivity index is 2.86. The van der Waals surface area contributed by atoms with Gasteiger partial charge in [0.2, 0.25) is 0 Å². The monoisotopic (exact) mass is 308 g/mol. The van der Waals surface area contributed by atoms with Crippen molar-refractivity contribution in [2.24, 2.45) is 0 Å². The number of hydrogen-bond acceptors (Lipinski definition) is 2. The zero-order valence-corrected chi connectivity index (χ0v) is 10.8. The Morgan fingerprint density at radius 3 is 2.31 bits per heavy atom. The molecule has 0 saturated heterocycles. The van der Waals surface area contributed by atoms with Crippen LogP contribution in [0.25, 0.3) is 0 Å². The Hall–Kier alpha value is 0.260. The van der Waals surface area contributed by atoms with Gasteiger partial charge in [0.15, 0.2) is 0 Å². The van der Waals surface area contributed by atoms with Crippen molar-refractivity contribution in [1.82, 2.24) is 0 Å². The third-order valence-electron chi connectivity index (χ3n) is 1.77. The molecular formula is C10H13IOS. The molecule has 1 aromatic carbocycles. The minimum absolute atomic E-state index is 0.245. The standard InChI is InChI=1S/C10H13IOS/c1-7-5-9(13-4-3-12)6-8(2)10(7)11/h5-6,12H,3-4H2,1-2H3. The number of thioether (sulfide) groups is 1. The van der Waals surface area contributed by atoms with Gasteiger partial charge in [0, 0.05) is 14.2 Å². The van der Waals surface area contributed by atoms with Crippen molar-refractivity contribution >= 4 is 34.4 Å². The lowest BCUT2D eigenvalue weighted by Gasteiger charge is -2.06. The molecule has 3 heteroatoms. The SMILES string of the molecule is Cc1cc(SCCO)cc(C)c1I. The highest BCUT2D eigenvalue weighted by molar-refractivity contribution is 14.1. The van der Waals surface area contributed by atoms with Crippen LogP contribution in [-0.2, 0) is 0 Å². The lowest BCUT2D eigenvalue weighted by atomic mass is 10.2. The fourth-order valence-electron chi connectivity index (χ4n) is 1.15. The van der Waals surface area contributed by atoms with E-state index in [-0.39, 0.29) is 6.61 Å². The van der Waals surface area contributed by atoms with E-state index >= 15 is 0 Å². The third-order valence-corrected chi connectivity index (χ3v) is 4.43. The number of aryl methyl sites for hydroxylation is 2. The summed E-state index contributed by atoms with van der Waals surface area (Å²) in [5.41, 5.74) is 2.64. The molecular weight excluding hydrogens is 295 g/mol. The molecule has 1 aromatic rings. The van der Waals surface area contributed by atoms with E-state index in [0.717, 1.165) is 5.75 Å². The van der Waals surface area contributed by atoms with E-state index in [1.807, 2.05) is 0 Å². The molecule has 0 heterocycles. The summed E-state index contributed by atoms with van der Waals surface area (Å²) in [6.07, 6.45) is 0. The lowest BCUT2D eigenvalue weighted by Crippen LogP contribution is -1.90. The number of halogens is 1. The van der Waals surface area contributed by atoms with Crippen LogP contribution in [0.2, 0.25) is 0 Å². The maximum atomic E-state index is 8.70. The van der Waals surface area contributed by atoms with Gasteiger partial charge in [-0.1, -0.05) is 0 Å². The highest BCUT2D eigenvalue weighted by Gasteiger charge is 2.01. The molecule has 1 N–H and O–H groups in total. The van der Waals surface area contributed by atoms with Gasteiger partial charge in [-0.2, -0.15) is 0 Å². The van der Waals surface area contributed by atoms with Crippen molar-refractivity contribution in [2.75, 3.05) is 12.4 Å². The van der Waals surface area contributed by atoms with Gasteiger partial charge in [-0.25, -0.2) is 0 Å². The second-order valence-corrected chi connectivity index (χ2v) is 5.19. The summed E-state index contributed by atoms with van der Waals surface area (Å²) in [6, 6.07) is 4.35. The van der Waals surface area contributed by atoms with Crippen LogP contribution in [0.3, 0.4) is 0 Å². The fourth-order valence-corrected chi connectivity index (χ4v) is 2.31. The second-order valence-electron chi connectivity index (χ2n) is 2.94. The van der Waals surface area contributed by atoms with Crippen LogP contribution in [0.1, 0.15) is 11.1 Å². The summed E-state index contributed by atoms with van der Waals surface area (Å²) in [7, 11) is 0. The van der Waals surface area contributed by atoms with Gasteiger partial charge >= 0.3 is 0 Å². The zero-order chi connectivity index (χ0) is 9.84. The topological polar surface area (TPSA) is 20.2 Å². The maximum Gasteiger partial charge on any atom is 0.0525 e. The minimum atomic E-state index is 0.245. The van der Waals surface area contributed by atoms with Crippen molar-refractivity contribution in [2.45, 2.75) is 18.7 Å². The van der Waals surface area contributed by atoms with Crippen LogP contribution in [0, 0.1) is 17.4 Å². The van der Waals surface area contributed by atoms with Crippen LogP contribution in [0.15, 0.2) is 17.0 Å². The Kier molecular flexibility index (Phi) is 4.55. The summed E-state index contributed by atoms with van der Waals surface area (Å²) >= 11 is 4.07. The molecule has 1 rings (SSSR count). The van der Waals surface area contributed by atoms with Gasteiger partial charge in [-0.05, 0) is 59.7 Å². The first-order chi connectivity index (χ1) is 6.15. The molecule has 13 heavy (non-hydrogen) atoms. The molecule has 72 valence electrons. The van der Waals surface area contributed by atoms with E-state index in [9.17, 15) is 0 Å².